The Labute approximate surface area is 117 Å². The molecule has 0 aliphatic heterocycles. The molecule has 1 aliphatic carbocycles. The highest BCUT2D eigenvalue weighted by molar-refractivity contribution is 5.34. The van der Waals surface area contributed by atoms with Gasteiger partial charge >= 0.3 is 5.69 Å². The number of nitro benzene ring substituents is 1. The van der Waals surface area contributed by atoms with Crippen LogP contribution in [-0.4, -0.2) is 22.2 Å². The summed E-state index contributed by atoms with van der Waals surface area (Å²) in [6.07, 6.45) is 4.54. The zero-order valence-corrected chi connectivity index (χ0v) is 11.2. The summed E-state index contributed by atoms with van der Waals surface area (Å²) in [5.74, 6) is -0.823. The van der Waals surface area contributed by atoms with Crippen LogP contribution in [0.3, 0.4) is 0 Å². The first-order chi connectivity index (χ1) is 9.58. The number of aliphatic hydroxyl groups excluding tert-OH is 1. The van der Waals surface area contributed by atoms with Gasteiger partial charge in [0.2, 0.25) is 5.82 Å². The number of nitrogens with zero attached hydrogens (tertiary/aromatic N) is 1. The molecule has 2 atom stereocenters. The zero-order valence-electron chi connectivity index (χ0n) is 11.2. The van der Waals surface area contributed by atoms with Gasteiger partial charge in [0.15, 0.2) is 0 Å². The Balaban J connectivity index is 1.96. The Morgan fingerprint density at radius 2 is 2.10 bits per heavy atom. The second-order valence-electron chi connectivity index (χ2n) is 5.24. The van der Waals surface area contributed by atoms with Crippen molar-refractivity contribution in [3.05, 3.63) is 39.7 Å². The Morgan fingerprint density at radius 3 is 2.80 bits per heavy atom. The molecule has 0 amide bonds. The number of nitro groups is 1. The third-order valence-corrected chi connectivity index (χ3v) is 3.76. The molecule has 1 aromatic carbocycles. The van der Waals surface area contributed by atoms with E-state index in [4.69, 9.17) is 0 Å². The highest BCUT2D eigenvalue weighted by Crippen LogP contribution is 2.20. The quantitative estimate of drug-likeness (QED) is 0.505. The van der Waals surface area contributed by atoms with Crippen LogP contribution in [0.1, 0.15) is 37.7 Å². The normalized spacial score (nSPS) is 23.3. The number of hydrogen-bond donors (Lipinski definition) is 2. The fourth-order valence-corrected chi connectivity index (χ4v) is 2.58. The lowest BCUT2D eigenvalue weighted by molar-refractivity contribution is -0.387. The average molecular weight is 282 g/mol. The van der Waals surface area contributed by atoms with Gasteiger partial charge in [0.25, 0.3) is 0 Å². The third-order valence-electron chi connectivity index (χ3n) is 3.76. The number of aliphatic hydroxyl groups is 1. The number of nitrogens with one attached hydrogen (secondary N) is 1. The van der Waals surface area contributed by atoms with Crippen molar-refractivity contribution in [1.82, 2.24) is 5.32 Å². The molecular weight excluding hydrogens is 263 g/mol. The minimum absolute atomic E-state index is 0.00996. The van der Waals surface area contributed by atoms with Crippen molar-refractivity contribution in [2.45, 2.75) is 50.8 Å². The lowest BCUT2D eigenvalue weighted by atomic mass is 10.1. The molecular formula is C14H19FN2O3. The van der Waals surface area contributed by atoms with Gasteiger partial charge in [0, 0.05) is 18.7 Å². The Morgan fingerprint density at radius 1 is 1.35 bits per heavy atom. The molecule has 5 nitrogen and oxygen atoms in total. The van der Waals surface area contributed by atoms with Crippen molar-refractivity contribution in [1.29, 1.82) is 0 Å². The molecule has 0 saturated heterocycles. The summed E-state index contributed by atoms with van der Waals surface area (Å²) >= 11 is 0. The molecule has 110 valence electrons. The molecule has 2 rings (SSSR count). The summed E-state index contributed by atoms with van der Waals surface area (Å²) < 4.78 is 13.5. The van der Waals surface area contributed by atoms with Crippen LogP contribution in [0.25, 0.3) is 0 Å². The Hall–Kier alpha value is -1.53. The van der Waals surface area contributed by atoms with E-state index in [1.54, 1.807) is 0 Å². The summed E-state index contributed by atoms with van der Waals surface area (Å²) in [6, 6.07) is 3.90. The summed E-state index contributed by atoms with van der Waals surface area (Å²) in [5.41, 5.74) is 0.132. The van der Waals surface area contributed by atoms with Crippen LogP contribution in [0.4, 0.5) is 10.1 Å². The molecule has 1 fully saturated rings. The molecule has 0 heterocycles. The smallest absolute Gasteiger partial charge is 0.304 e. The fourth-order valence-electron chi connectivity index (χ4n) is 2.58. The van der Waals surface area contributed by atoms with Gasteiger partial charge in [-0.25, -0.2) is 0 Å². The van der Waals surface area contributed by atoms with Crippen LogP contribution in [-0.2, 0) is 6.54 Å². The number of benzene rings is 1. The maximum Gasteiger partial charge on any atom is 0.304 e. The molecule has 0 bridgehead atoms. The number of hydrogen-bond acceptors (Lipinski definition) is 4. The first-order valence-corrected chi connectivity index (χ1v) is 6.92. The first-order valence-electron chi connectivity index (χ1n) is 6.92. The first kappa shape index (κ1) is 14.9. The molecule has 2 N–H and O–H groups in total. The lowest BCUT2D eigenvalue weighted by Gasteiger charge is -2.21. The standard InChI is InChI=1S/C14H19FN2O3/c15-11-8-10(6-7-13(11)17(19)20)9-16-12-4-2-1-3-5-14(12)18/h6-8,12,14,16,18H,1-5,9H2. The van der Waals surface area contributed by atoms with E-state index >= 15 is 0 Å². The van der Waals surface area contributed by atoms with Gasteiger partial charge in [-0.15, -0.1) is 0 Å². The molecule has 6 heteroatoms. The number of rotatable bonds is 4. The van der Waals surface area contributed by atoms with E-state index in [0.717, 1.165) is 32.1 Å². The van der Waals surface area contributed by atoms with E-state index in [9.17, 15) is 19.6 Å². The third kappa shape index (κ3) is 3.74. The minimum atomic E-state index is -0.823. The predicted molar refractivity (Wildman–Crippen MR) is 72.8 cm³/mol. The van der Waals surface area contributed by atoms with E-state index in [-0.39, 0.29) is 12.1 Å². The van der Waals surface area contributed by atoms with Crippen LogP contribution >= 0.6 is 0 Å². The molecule has 0 aromatic heterocycles. The van der Waals surface area contributed by atoms with Gasteiger partial charge in [-0.05, 0) is 24.5 Å². The Kier molecular flexibility index (Phi) is 5.03. The van der Waals surface area contributed by atoms with Crippen LogP contribution in [0.2, 0.25) is 0 Å². The summed E-state index contributed by atoms with van der Waals surface area (Å²) in [7, 11) is 0. The molecule has 2 unspecified atom stereocenters. The second-order valence-corrected chi connectivity index (χ2v) is 5.24. The van der Waals surface area contributed by atoms with Gasteiger partial charge in [0.05, 0.1) is 11.0 Å². The van der Waals surface area contributed by atoms with Crippen LogP contribution in [0.15, 0.2) is 18.2 Å². The molecule has 1 saturated carbocycles. The number of halogens is 1. The van der Waals surface area contributed by atoms with Gasteiger partial charge in [0.1, 0.15) is 0 Å². The van der Waals surface area contributed by atoms with E-state index in [0.29, 0.717) is 12.1 Å². The summed E-state index contributed by atoms with van der Waals surface area (Å²) in [5, 5.41) is 23.7. The van der Waals surface area contributed by atoms with E-state index in [1.165, 1.54) is 18.2 Å². The van der Waals surface area contributed by atoms with E-state index < -0.39 is 16.4 Å². The molecule has 1 aliphatic rings. The van der Waals surface area contributed by atoms with E-state index in [2.05, 4.69) is 5.32 Å². The van der Waals surface area contributed by atoms with Crippen molar-refractivity contribution in [3.63, 3.8) is 0 Å². The van der Waals surface area contributed by atoms with Crippen LogP contribution < -0.4 is 5.32 Å². The highest BCUT2D eigenvalue weighted by atomic mass is 19.1. The van der Waals surface area contributed by atoms with Crippen molar-refractivity contribution >= 4 is 5.69 Å². The van der Waals surface area contributed by atoms with Crippen LogP contribution in [0.5, 0.6) is 0 Å². The predicted octanol–water partition coefficient (Wildman–Crippen LogP) is 2.52. The monoisotopic (exact) mass is 282 g/mol. The molecule has 0 radical (unpaired) electrons. The van der Waals surface area contributed by atoms with Crippen molar-refractivity contribution in [2.24, 2.45) is 0 Å². The minimum Gasteiger partial charge on any atom is -0.392 e. The van der Waals surface area contributed by atoms with Crippen molar-refractivity contribution in [3.8, 4) is 0 Å². The lowest BCUT2D eigenvalue weighted by Crippen LogP contribution is -2.38. The second kappa shape index (κ2) is 6.76. The fraction of sp³-hybridized carbons (Fsp3) is 0.571. The largest absolute Gasteiger partial charge is 0.392 e. The van der Waals surface area contributed by atoms with Crippen molar-refractivity contribution in [2.75, 3.05) is 0 Å². The molecule has 0 spiro atoms. The Bertz CT molecular complexity index is 481. The SMILES string of the molecule is O=[N+]([O-])c1ccc(CNC2CCCCCC2O)cc1F. The zero-order chi connectivity index (χ0) is 14.5. The van der Waals surface area contributed by atoms with Gasteiger partial charge in [-0.1, -0.05) is 25.3 Å². The average Bonchev–Trinajstić information content (AvgIpc) is 2.61. The maximum atomic E-state index is 13.5. The maximum absolute atomic E-state index is 13.5. The summed E-state index contributed by atoms with van der Waals surface area (Å²) in [6.45, 7) is 0.399. The van der Waals surface area contributed by atoms with Gasteiger partial charge < -0.3 is 10.4 Å². The topological polar surface area (TPSA) is 75.4 Å². The van der Waals surface area contributed by atoms with E-state index in [1.807, 2.05) is 0 Å². The molecule has 20 heavy (non-hydrogen) atoms. The van der Waals surface area contributed by atoms with Gasteiger partial charge in [-0.3, -0.25) is 10.1 Å². The van der Waals surface area contributed by atoms with Crippen molar-refractivity contribution < 1.29 is 14.4 Å². The van der Waals surface area contributed by atoms with Crippen LogP contribution in [0, 0.1) is 15.9 Å². The summed E-state index contributed by atoms with van der Waals surface area (Å²) in [4.78, 5) is 9.80. The molecule has 1 aromatic rings. The van der Waals surface area contributed by atoms with Gasteiger partial charge in [-0.2, -0.15) is 4.39 Å². The highest BCUT2D eigenvalue weighted by Gasteiger charge is 2.21.